The van der Waals surface area contributed by atoms with E-state index in [2.05, 4.69) is 9.98 Å². The van der Waals surface area contributed by atoms with Crippen molar-refractivity contribution >= 4 is 43.3 Å². The fraction of sp³-hybridized carbons (Fsp3) is 0.286. The Morgan fingerprint density at radius 3 is 2.42 bits per heavy atom. The molecule has 0 aliphatic rings. The zero-order chi connectivity index (χ0) is 23.0. The van der Waals surface area contributed by atoms with Crippen LogP contribution in [0.25, 0.3) is 10.2 Å². The average Bonchev–Trinajstić information content (AvgIpc) is 3.14. The fourth-order valence-electron chi connectivity index (χ4n) is 2.54. The van der Waals surface area contributed by atoms with Gasteiger partial charge >= 0.3 is 0 Å². The maximum absolute atomic E-state index is 12.2. The molecule has 0 saturated heterocycles. The van der Waals surface area contributed by atoms with Gasteiger partial charge in [-0.15, -0.1) is 11.3 Å². The molecule has 5 N–H and O–H groups in total. The van der Waals surface area contributed by atoms with Gasteiger partial charge in [0, 0.05) is 6.54 Å². The molecule has 0 spiro atoms. The number of carbonyl (C=O) groups excluding carboxylic acids is 1. The normalized spacial score (nSPS) is 12.8. The number of aryl methyl sites for hydroxylation is 1. The number of carbonyl (C=O) groups is 1. The second-order valence-electron chi connectivity index (χ2n) is 6.91. The topological polar surface area (TPSA) is 149 Å². The number of amidine groups is 1. The lowest BCUT2D eigenvalue weighted by atomic mass is 10.1. The highest BCUT2D eigenvalue weighted by atomic mass is 32.2. The van der Waals surface area contributed by atoms with E-state index in [1.165, 1.54) is 23.5 Å². The van der Waals surface area contributed by atoms with Crippen LogP contribution in [-0.2, 0) is 10.1 Å². The second-order valence-corrected chi connectivity index (χ2v) is 9.36. The zero-order valence-electron chi connectivity index (χ0n) is 17.4. The minimum Gasteiger partial charge on any atom is -0.388 e. The van der Waals surface area contributed by atoms with Gasteiger partial charge < -0.3 is 11.5 Å². The minimum atomic E-state index is -4.02. The van der Waals surface area contributed by atoms with E-state index in [9.17, 15) is 13.2 Å². The Labute approximate surface area is 185 Å². The largest absolute Gasteiger partial charge is 0.388 e. The Kier molecular flexibility index (Phi) is 8.81. The van der Waals surface area contributed by atoms with Gasteiger partial charge in [-0.2, -0.15) is 8.42 Å². The van der Waals surface area contributed by atoms with Crippen molar-refractivity contribution < 1.29 is 17.8 Å². The van der Waals surface area contributed by atoms with Gasteiger partial charge in [0.1, 0.15) is 0 Å². The van der Waals surface area contributed by atoms with Crippen molar-refractivity contribution in [2.75, 3.05) is 6.54 Å². The van der Waals surface area contributed by atoms with Crippen LogP contribution < -0.4 is 11.5 Å². The number of nitrogens with two attached hydrogens (primary N) is 2. The molecule has 8 nitrogen and oxygen atoms in total. The van der Waals surface area contributed by atoms with Crippen LogP contribution in [0.3, 0.4) is 0 Å². The summed E-state index contributed by atoms with van der Waals surface area (Å²) < 4.78 is 30.6. The Balaban J connectivity index is 0.000000262. The summed E-state index contributed by atoms with van der Waals surface area (Å²) in [6.45, 7) is 4.18. The first-order valence-corrected chi connectivity index (χ1v) is 11.8. The highest BCUT2D eigenvalue weighted by molar-refractivity contribution is 7.85. The lowest BCUT2D eigenvalue weighted by molar-refractivity contribution is 0.0956. The van der Waals surface area contributed by atoms with Gasteiger partial charge in [0.05, 0.1) is 27.0 Å². The molecule has 0 unspecified atom stereocenters. The number of aliphatic imine (C=N–C) groups is 1. The smallest absolute Gasteiger partial charge is 0.294 e. The monoisotopic (exact) mass is 462 g/mol. The number of hydrogen-bond donors (Lipinski definition) is 3. The van der Waals surface area contributed by atoms with Crippen LogP contribution in [0.5, 0.6) is 0 Å². The molecule has 0 saturated carbocycles. The van der Waals surface area contributed by atoms with E-state index in [1.807, 2.05) is 31.2 Å². The number of rotatable bonds is 7. The van der Waals surface area contributed by atoms with Crippen molar-refractivity contribution in [3.8, 4) is 0 Å². The molecule has 3 rings (SSSR count). The standard InChI is InChI=1S/C14H18N4OS.C7H8O3S/c1-9(15)17-8-4-5-10(16)13(19)14-18-11-6-2-3-7-12(11)20-14;1-6-2-4-7(5-3-6)11(8,9)10/h2-3,6-7,10H,4-5,8,16H2,1H3,(H2,15,17);2-5H,1H3,(H,8,9,10)/t10-;/m1./s1. The average molecular weight is 463 g/mol. The van der Waals surface area contributed by atoms with Gasteiger partial charge in [-0.05, 0) is 51.0 Å². The van der Waals surface area contributed by atoms with Crippen molar-refractivity contribution in [3.05, 3.63) is 59.1 Å². The summed E-state index contributed by atoms with van der Waals surface area (Å²) in [5, 5.41) is 0.484. The molecule has 10 heteroatoms. The maximum Gasteiger partial charge on any atom is 0.294 e. The molecule has 31 heavy (non-hydrogen) atoms. The first-order valence-electron chi connectivity index (χ1n) is 9.54. The number of benzene rings is 2. The number of hydrogen-bond acceptors (Lipinski definition) is 7. The summed E-state index contributed by atoms with van der Waals surface area (Å²) in [6.07, 6.45) is 1.33. The first kappa shape index (κ1) is 24.6. The van der Waals surface area contributed by atoms with E-state index in [4.69, 9.17) is 16.0 Å². The van der Waals surface area contributed by atoms with Crippen LogP contribution in [0.1, 0.15) is 35.1 Å². The number of fused-ring (bicyclic) bond motifs is 1. The summed E-state index contributed by atoms with van der Waals surface area (Å²) in [5.41, 5.74) is 13.2. The van der Waals surface area contributed by atoms with Gasteiger partial charge in [0.2, 0.25) is 5.78 Å². The summed E-state index contributed by atoms with van der Waals surface area (Å²) in [4.78, 5) is 20.5. The first-order chi connectivity index (χ1) is 14.6. The molecule has 0 aliphatic heterocycles. The van der Waals surface area contributed by atoms with Crippen LogP contribution in [0, 0.1) is 6.92 Å². The summed E-state index contributed by atoms with van der Waals surface area (Å²) >= 11 is 1.39. The molecule has 0 fully saturated rings. The number of nitrogens with zero attached hydrogens (tertiary/aromatic N) is 2. The molecule has 1 atom stereocenters. The highest BCUT2D eigenvalue weighted by Crippen LogP contribution is 2.22. The number of ketones is 1. The van der Waals surface area contributed by atoms with Crippen molar-refractivity contribution in [1.29, 1.82) is 0 Å². The summed E-state index contributed by atoms with van der Waals surface area (Å²) in [7, 11) is -4.02. The SMILES string of the molecule is CC(N)=NCCC[C@@H](N)C(=O)c1nc2ccccc2s1.Cc1ccc(S(=O)(=O)O)cc1. The predicted molar refractivity (Wildman–Crippen MR) is 124 cm³/mol. The number of para-hydroxylation sites is 1. The molecule has 0 aliphatic carbocycles. The van der Waals surface area contributed by atoms with Gasteiger partial charge in [0.15, 0.2) is 5.01 Å². The number of Topliss-reactive ketones (excluding diaryl/α,β-unsaturated/α-hetero) is 1. The third-order valence-corrected chi connectivity index (χ3v) is 6.11. The number of aromatic nitrogens is 1. The van der Waals surface area contributed by atoms with E-state index >= 15 is 0 Å². The van der Waals surface area contributed by atoms with Crippen LogP contribution >= 0.6 is 11.3 Å². The zero-order valence-corrected chi connectivity index (χ0v) is 19.0. The van der Waals surface area contributed by atoms with E-state index < -0.39 is 16.2 Å². The van der Waals surface area contributed by atoms with Crippen molar-refractivity contribution in [1.82, 2.24) is 4.98 Å². The van der Waals surface area contributed by atoms with Crippen LogP contribution in [0.2, 0.25) is 0 Å². The predicted octanol–water partition coefficient (Wildman–Crippen LogP) is 3.21. The van der Waals surface area contributed by atoms with Crippen LogP contribution in [0.15, 0.2) is 58.4 Å². The molecule has 0 amide bonds. The molecule has 0 bridgehead atoms. The molecular weight excluding hydrogens is 436 g/mol. The summed E-state index contributed by atoms with van der Waals surface area (Å²) in [6, 6.07) is 13.2. The third-order valence-electron chi connectivity index (χ3n) is 4.19. The Morgan fingerprint density at radius 1 is 1.19 bits per heavy atom. The quantitative estimate of drug-likeness (QED) is 0.160. The van der Waals surface area contributed by atoms with Crippen LogP contribution in [-0.4, -0.2) is 42.2 Å². The van der Waals surface area contributed by atoms with E-state index in [1.54, 1.807) is 19.1 Å². The molecular formula is C21H26N4O4S2. The molecule has 1 heterocycles. The Bertz CT molecular complexity index is 1120. The molecule has 1 aromatic heterocycles. The Morgan fingerprint density at radius 2 is 1.84 bits per heavy atom. The molecule has 2 aromatic carbocycles. The highest BCUT2D eigenvalue weighted by Gasteiger charge is 2.19. The fourth-order valence-corrected chi connectivity index (χ4v) is 3.99. The minimum absolute atomic E-state index is 0.0666. The lowest BCUT2D eigenvalue weighted by Crippen LogP contribution is -2.30. The third kappa shape index (κ3) is 7.83. The number of thiazole rings is 1. The second kappa shape index (κ2) is 11.1. The van der Waals surface area contributed by atoms with Crippen molar-refractivity contribution in [2.45, 2.75) is 37.6 Å². The molecule has 3 aromatic rings. The van der Waals surface area contributed by atoms with Gasteiger partial charge in [-0.1, -0.05) is 29.8 Å². The van der Waals surface area contributed by atoms with E-state index in [0.29, 0.717) is 23.8 Å². The molecule has 166 valence electrons. The van der Waals surface area contributed by atoms with E-state index in [0.717, 1.165) is 22.2 Å². The van der Waals surface area contributed by atoms with Crippen LogP contribution in [0.4, 0.5) is 0 Å². The van der Waals surface area contributed by atoms with E-state index in [-0.39, 0.29) is 10.7 Å². The van der Waals surface area contributed by atoms with Crippen molar-refractivity contribution in [3.63, 3.8) is 0 Å². The van der Waals surface area contributed by atoms with Gasteiger partial charge in [-0.25, -0.2) is 4.98 Å². The van der Waals surface area contributed by atoms with Gasteiger partial charge in [-0.3, -0.25) is 14.3 Å². The van der Waals surface area contributed by atoms with Crippen molar-refractivity contribution in [2.24, 2.45) is 16.5 Å². The maximum atomic E-state index is 12.2. The molecule has 0 radical (unpaired) electrons. The Hall–Kier alpha value is -2.66. The van der Waals surface area contributed by atoms with Gasteiger partial charge in [0.25, 0.3) is 10.1 Å². The summed E-state index contributed by atoms with van der Waals surface area (Å²) in [5.74, 6) is 0.454. The lowest BCUT2D eigenvalue weighted by Gasteiger charge is -2.07.